The Hall–Kier alpha value is -2.33. The van der Waals surface area contributed by atoms with E-state index in [2.05, 4.69) is 76.7 Å². The summed E-state index contributed by atoms with van der Waals surface area (Å²) in [6.45, 7) is 8.28. The molecule has 1 N–H and O–H groups in total. The Labute approximate surface area is 162 Å². The molecule has 1 fully saturated rings. The highest BCUT2D eigenvalue weighted by Crippen LogP contribution is 2.20. The molecule has 2 heterocycles. The van der Waals surface area contributed by atoms with Crippen molar-refractivity contribution in [1.29, 1.82) is 0 Å². The summed E-state index contributed by atoms with van der Waals surface area (Å²) in [6.07, 6.45) is 6.78. The van der Waals surface area contributed by atoms with Gasteiger partial charge in [0.15, 0.2) is 5.96 Å². The van der Waals surface area contributed by atoms with Gasteiger partial charge in [0.1, 0.15) is 0 Å². The third kappa shape index (κ3) is 4.16. The number of rotatable bonds is 5. The van der Waals surface area contributed by atoms with Gasteiger partial charge in [0.25, 0.3) is 0 Å². The summed E-state index contributed by atoms with van der Waals surface area (Å²) in [6, 6.07) is 15.9. The smallest absolute Gasteiger partial charge is 0.193 e. The number of benzene rings is 2. The lowest BCUT2D eigenvalue weighted by Crippen LogP contribution is -2.43. The highest BCUT2D eigenvalue weighted by Gasteiger charge is 2.29. The van der Waals surface area contributed by atoms with Crippen molar-refractivity contribution in [1.82, 2.24) is 15.1 Å². The third-order valence-electron chi connectivity index (χ3n) is 5.68. The van der Waals surface area contributed by atoms with E-state index in [1.165, 1.54) is 22.8 Å². The molecule has 0 aliphatic carbocycles. The summed E-state index contributed by atoms with van der Waals surface area (Å²) in [4.78, 5) is 9.97. The van der Waals surface area contributed by atoms with E-state index in [-0.39, 0.29) is 0 Å². The van der Waals surface area contributed by atoms with Crippen molar-refractivity contribution in [2.45, 2.75) is 25.8 Å². The fraction of sp³-hybridized carbons (Fsp3) is 0.435. The lowest BCUT2D eigenvalue weighted by Gasteiger charge is -2.25. The molecule has 0 saturated carbocycles. The molecule has 0 amide bonds. The second-order valence-electron chi connectivity index (χ2n) is 7.44. The Morgan fingerprint density at radius 3 is 2.78 bits per heavy atom. The third-order valence-corrected chi connectivity index (χ3v) is 5.68. The number of hydrogen-bond acceptors (Lipinski definition) is 2. The number of aliphatic imine (C=N–C) groups is 1. The van der Waals surface area contributed by atoms with E-state index >= 15 is 0 Å². The maximum atomic E-state index is 4.96. The standard InChI is InChI=1S/C23H30N4/c1-2-24-23(27-17-13-21(18-27)26-15-5-6-16-26)25-14-12-20-10-7-9-19-8-3-4-11-22(19)20/h3-11,21H,2,12-18H2,1H3,(H,24,25). The van der Waals surface area contributed by atoms with Gasteiger partial charge in [0, 0.05) is 45.3 Å². The molecule has 0 radical (unpaired) electrons. The van der Waals surface area contributed by atoms with Crippen molar-refractivity contribution >= 4 is 16.7 Å². The normalized spacial score (nSPS) is 20.7. The van der Waals surface area contributed by atoms with Crippen molar-refractivity contribution in [2.24, 2.45) is 4.99 Å². The van der Waals surface area contributed by atoms with Gasteiger partial charge < -0.3 is 10.2 Å². The Balaban J connectivity index is 1.40. The van der Waals surface area contributed by atoms with Crippen molar-refractivity contribution in [3.05, 3.63) is 60.2 Å². The van der Waals surface area contributed by atoms with Gasteiger partial charge >= 0.3 is 0 Å². The minimum absolute atomic E-state index is 0.655. The van der Waals surface area contributed by atoms with E-state index in [9.17, 15) is 0 Å². The van der Waals surface area contributed by atoms with Crippen LogP contribution in [-0.4, -0.2) is 61.1 Å². The first-order valence-electron chi connectivity index (χ1n) is 10.2. The average molecular weight is 363 g/mol. The topological polar surface area (TPSA) is 30.9 Å². The number of fused-ring (bicyclic) bond motifs is 1. The number of hydrogen-bond donors (Lipinski definition) is 1. The van der Waals surface area contributed by atoms with Gasteiger partial charge in [0.05, 0.1) is 0 Å². The summed E-state index contributed by atoms with van der Waals surface area (Å²) < 4.78 is 0. The number of nitrogens with one attached hydrogen (secondary N) is 1. The van der Waals surface area contributed by atoms with Gasteiger partial charge in [-0.15, -0.1) is 0 Å². The number of guanidine groups is 1. The molecule has 1 unspecified atom stereocenters. The second kappa shape index (κ2) is 8.57. The summed E-state index contributed by atoms with van der Waals surface area (Å²) in [5.41, 5.74) is 1.38. The van der Waals surface area contributed by atoms with Gasteiger partial charge in [-0.1, -0.05) is 54.6 Å². The monoisotopic (exact) mass is 362 g/mol. The van der Waals surface area contributed by atoms with Crippen LogP contribution in [0.2, 0.25) is 0 Å². The van der Waals surface area contributed by atoms with E-state index < -0.39 is 0 Å². The fourth-order valence-corrected chi connectivity index (χ4v) is 4.24. The minimum Gasteiger partial charge on any atom is -0.357 e. The average Bonchev–Trinajstić information content (AvgIpc) is 3.39. The summed E-state index contributed by atoms with van der Waals surface area (Å²) >= 11 is 0. The van der Waals surface area contributed by atoms with Crippen molar-refractivity contribution in [3.8, 4) is 0 Å². The Kier molecular flexibility index (Phi) is 5.73. The molecule has 4 nitrogen and oxygen atoms in total. The van der Waals surface area contributed by atoms with E-state index in [4.69, 9.17) is 4.99 Å². The molecule has 0 spiro atoms. The molecule has 1 saturated heterocycles. The largest absolute Gasteiger partial charge is 0.357 e. The van der Waals surface area contributed by atoms with E-state index in [0.717, 1.165) is 51.6 Å². The van der Waals surface area contributed by atoms with Crippen LogP contribution in [0.1, 0.15) is 18.9 Å². The van der Waals surface area contributed by atoms with Crippen LogP contribution in [0, 0.1) is 0 Å². The van der Waals surface area contributed by atoms with E-state index in [1.807, 2.05) is 0 Å². The number of nitrogens with zero attached hydrogens (tertiary/aromatic N) is 3. The molecule has 1 atom stereocenters. The molecule has 2 aromatic carbocycles. The van der Waals surface area contributed by atoms with Crippen molar-refractivity contribution < 1.29 is 0 Å². The zero-order valence-electron chi connectivity index (χ0n) is 16.3. The van der Waals surface area contributed by atoms with Crippen LogP contribution in [0.5, 0.6) is 0 Å². The zero-order chi connectivity index (χ0) is 18.5. The Morgan fingerprint density at radius 1 is 1.11 bits per heavy atom. The Morgan fingerprint density at radius 2 is 1.93 bits per heavy atom. The van der Waals surface area contributed by atoms with Crippen LogP contribution < -0.4 is 5.32 Å². The first kappa shape index (κ1) is 18.1. The molecule has 2 aliphatic heterocycles. The molecule has 27 heavy (non-hydrogen) atoms. The lowest BCUT2D eigenvalue weighted by atomic mass is 10.0. The van der Waals surface area contributed by atoms with Gasteiger partial charge in [-0.25, -0.2) is 0 Å². The van der Waals surface area contributed by atoms with E-state index in [0.29, 0.717) is 6.04 Å². The SMILES string of the molecule is CCNC(=NCCc1cccc2ccccc12)N1CCC(N2CC=CC2)C1. The van der Waals surface area contributed by atoms with Gasteiger partial charge in [0.2, 0.25) is 0 Å². The molecule has 0 aromatic heterocycles. The van der Waals surface area contributed by atoms with Crippen molar-refractivity contribution in [2.75, 3.05) is 39.3 Å². The van der Waals surface area contributed by atoms with Crippen LogP contribution >= 0.6 is 0 Å². The zero-order valence-corrected chi connectivity index (χ0v) is 16.3. The Bertz CT molecular complexity index is 813. The maximum absolute atomic E-state index is 4.96. The molecule has 2 aliphatic rings. The fourth-order valence-electron chi connectivity index (χ4n) is 4.24. The van der Waals surface area contributed by atoms with Crippen LogP contribution in [-0.2, 0) is 6.42 Å². The summed E-state index contributed by atoms with van der Waals surface area (Å²) in [5.74, 6) is 1.08. The van der Waals surface area contributed by atoms with Gasteiger partial charge in [-0.3, -0.25) is 9.89 Å². The van der Waals surface area contributed by atoms with Crippen molar-refractivity contribution in [3.63, 3.8) is 0 Å². The predicted molar refractivity (Wildman–Crippen MR) is 114 cm³/mol. The molecule has 0 bridgehead atoms. The first-order chi connectivity index (χ1) is 13.3. The summed E-state index contributed by atoms with van der Waals surface area (Å²) in [7, 11) is 0. The van der Waals surface area contributed by atoms with Crippen LogP contribution in [0.15, 0.2) is 59.6 Å². The second-order valence-corrected chi connectivity index (χ2v) is 7.44. The molecule has 4 heteroatoms. The molecule has 2 aromatic rings. The molecular formula is C23H30N4. The maximum Gasteiger partial charge on any atom is 0.193 e. The van der Waals surface area contributed by atoms with Crippen LogP contribution in [0.25, 0.3) is 10.8 Å². The van der Waals surface area contributed by atoms with E-state index in [1.54, 1.807) is 0 Å². The highest BCUT2D eigenvalue weighted by molar-refractivity contribution is 5.85. The van der Waals surface area contributed by atoms with Gasteiger partial charge in [-0.2, -0.15) is 0 Å². The van der Waals surface area contributed by atoms with Gasteiger partial charge in [-0.05, 0) is 36.1 Å². The van der Waals surface area contributed by atoms with Crippen LogP contribution in [0.4, 0.5) is 0 Å². The lowest BCUT2D eigenvalue weighted by molar-refractivity contribution is 0.259. The predicted octanol–water partition coefficient (Wildman–Crippen LogP) is 3.29. The molecule has 4 rings (SSSR count). The van der Waals surface area contributed by atoms with Crippen LogP contribution in [0.3, 0.4) is 0 Å². The minimum atomic E-state index is 0.655. The number of likely N-dealkylation sites (tertiary alicyclic amines) is 1. The summed E-state index contributed by atoms with van der Waals surface area (Å²) in [5, 5.41) is 6.16. The molecule has 142 valence electrons. The quantitative estimate of drug-likeness (QED) is 0.503. The first-order valence-corrected chi connectivity index (χ1v) is 10.2. The molecular weight excluding hydrogens is 332 g/mol. The highest BCUT2D eigenvalue weighted by atomic mass is 15.3.